The van der Waals surface area contributed by atoms with E-state index < -0.39 is 29.2 Å². The van der Waals surface area contributed by atoms with Gasteiger partial charge in [-0.2, -0.15) is 13.2 Å². The first-order chi connectivity index (χ1) is 12.2. The van der Waals surface area contributed by atoms with Gasteiger partial charge in [0, 0.05) is 5.92 Å². The van der Waals surface area contributed by atoms with Gasteiger partial charge in [-0.3, -0.25) is 9.59 Å². The normalized spacial score (nSPS) is 25.2. The molecule has 0 saturated heterocycles. The number of carbonyl (C=O) groups is 2. The number of carbonyl (C=O) groups excluding carboxylic acids is 1. The van der Waals surface area contributed by atoms with Gasteiger partial charge in [-0.1, -0.05) is 12.1 Å². The number of carboxylic acid groups (broad SMARTS) is 1. The molecule has 1 aromatic carbocycles. The maximum Gasteiger partial charge on any atom is 0.416 e. The largest absolute Gasteiger partial charge is 0.481 e. The molecular weight excluding hydrogens is 347 g/mol. The van der Waals surface area contributed by atoms with Gasteiger partial charge in [-0.15, -0.1) is 0 Å². The van der Waals surface area contributed by atoms with Crippen molar-refractivity contribution in [1.29, 1.82) is 0 Å². The van der Waals surface area contributed by atoms with E-state index in [1.165, 1.54) is 6.07 Å². The average molecular weight is 369 g/mol. The fraction of sp³-hybridized carbons (Fsp3) is 0.579. The van der Waals surface area contributed by atoms with Crippen LogP contribution in [0.1, 0.15) is 56.1 Å². The van der Waals surface area contributed by atoms with Crippen LogP contribution in [0.15, 0.2) is 24.3 Å². The number of amides is 1. The Morgan fingerprint density at radius 1 is 1.08 bits per heavy atom. The fourth-order valence-corrected chi connectivity index (χ4v) is 3.95. The van der Waals surface area contributed by atoms with Gasteiger partial charge in [-0.05, 0) is 62.6 Å². The third kappa shape index (κ3) is 3.71. The van der Waals surface area contributed by atoms with Crippen molar-refractivity contribution in [3.63, 3.8) is 0 Å². The first-order valence-electron chi connectivity index (χ1n) is 8.94. The van der Waals surface area contributed by atoms with Gasteiger partial charge in [-0.25, -0.2) is 0 Å². The molecule has 0 atom stereocenters. The third-order valence-corrected chi connectivity index (χ3v) is 5.76. The molecule has 0 unspecified atom stereocenters. The summed E-state index contributed by atoms with van der Waals surface area (Å²) in [4.78, 5) is 23.7. The lowest BCUT2D eigenvalue weighted by Gasteiger charge is -2.44. The highest BCUT2D eigenvalue weighted by molar-refractivity contribution is 5.80. The number of carboxylic acids is 1. The molecule has 0 bridgehead atoms. The zero-order chi connectivity index (χ0) is 18.9. The van der Waals surface area contributed by atoms with Crippen LogP contribution >= 0.6 is 0 Å². The highest BCUT2D eigenvalue weighted by Crippen LogP contribution is 2.43. The summed E-state index contributed by atoms with van der Waals surface area (Å²) >= 11 is 0. The van der Waals surface area contributed by atoms with Crippen molar-refractivity contribution in [1.82, 2.24) is 5.32 Å². The van der Waals surface area contributed by atoms with E-state index in [4.69, 9.17) is 5.11 Å². The standard InChI is InChI=1S/C19H22F3NO3/c20-19(21,22)15-4-1-3-14(11-15)18(9-2-10-18)23-16(24)12-5-7-13(8-6-12)17(25)26/h1,3-4,11-13H,2,5-10H2,(H,23,24)(H,25,26). The van der Waals surface area contributed by atoms with Gasteiger partial charge in [0.25, 0.3) is 0 Å². The van der Waals surface area contributed by atoms with Crippen molar-refractivity contribution in [2.75, 3.05) is 0 Å². The number of nitrogens with one attached hydrogen (secondary N) is 1. The Morgan fingerprint density at radius 2 is 1.69 bits per heavy atom. The van der Waals surface area contributed by atoms with Crippen LogP contribution in [0.4, 0.5) is 13.2 Å². The molecule has 0 aromatic heterocycles. The van der Waals surface area contributed by atoms with E-state index in [-0.39, 0.29) is 11.8 Å². The second kappa shape index (κ2) is 6.93. The van der Waals surface area contributed by atoms with E-state index in [1.54, 1.807) is 6.07 Å². The highest BCUT2D eigenvalue weighted by Gasteiger charge is 2.43. The quantitative estimate of drug-likeness (QED) is 0.840. The van der Waals surface area contributed by atoms with Crippen LogP contribution in [0.5, 0.6) is 0 Å². The molecule has 2 N–H and O–H groups in total. The second-order valence-corrected chi connectivity index (χ2v) is 7.39. The van der Waals surface area contributed by atoms with Gasteiger partial charge in [0.05, 0.1) is 17.0 Å². The lowest BCUT2D eigenvalue weighted by molar-refractivity contribution is -0.144. The number of benzene rings is 1. The van der Waals surface area contributed by atoms with Crippen molar-refractivity contribution in [3.8, 4) is 0 Å². The van der Waals surface area contributed by atoms with Crippen molar-refractivity contribution in [3.05, 3.63) is 35.4 Å². The van der Waals surface area contributed by atoms with Crippen LogP contribution in [0.25, 0.3) is 0 Å². The molecule has 1 aromatic rings. The molecule has 1 amide bonds. The Morgan fingerprint density at radius 3 is 2.19 bits per heavy atom. The monoisotopic (exact) mass is 369 g/mol. The number of alkyl halides is 3. The molecule has 2 aliphatic rings. The summed E-state index contributed by atoms with van der Waals surface area (Å²) in [6.45, 7) is 0. The van der Waals surface area contributed by atoms with Crippen molar-refractivity contribution >= 4 is 11.9 Å². The fourth-order valence-electron chi connectivity index (χ4n) is 3.95. The van der Waals surface area contributed by atoms with E-state index >= 15 is 0 Å². The smallest absolute Gasteiger partial charge is 0.416 e. The molecule has 26 heavy (non-hydrogen) atoms. The van der Waals surface area contributed by atoms with E-state index in [9.17, 15) is 22.8 Å². The maximum absolute atomic E-state index is 13.0. The van der Waals surface area contributed by atoms with Gasteiger partial charge in [0.1, 0.15) is 0 Å². The summed E-state index contributed by atoms with van der Waals surface area (Å²) in [6, 6.07) is 5.17. The molecule has 0 aliphatic heterocycles. The van der Waals surface area contributed by atoms with Crippen LogP contribution in [-0.4, -0.2) is 17.0 Å². The second-order valence-electron chi connectivity index (χ2n) is 7.39. The van der Waals surface area contributed by atoms with Crippen LogP contribution in [0.3, 0.4) is 0 Å². The molecule has 2 aliphatic carbocycles. The molecule has 142 valence electrons. The molecule has 4 nitrogen and oxygen atoms in total. The van der Waals surface area contributed by atoms with Crippen LogP contribution in [0, 0.1) is 11.8 Å². The molecule has 3 rings (SSSR count). The van der Waals surface area contributed by atoms with Crippen molar-refractivity contribution in [2.24, 2.45) is 11.8 Å². The summed E-state index contributed by atoms with van der Waals surface area (Å²) in [7, 11) is 0. The third-order valence-electron chi connectivity index (χ3n) is 5.76. The minimum atomic E-state index is -4.42. The Bertz CT molecular complexity index is 690. The van der Waals surface area contributed by atoms with Crippen LogP contribution in [0.2, 0.25) is 0 Å². The number of aliphatic carboxylic acids is 1. The number of hydrogen-bond donors (Lipinski definition) is 2. The zero-order valence-corrected chi connectivity index (χ0v) is 14.3. The molecule has 0 spiro atoms. The summed E-state index contributed by atoms with van der Waals surface area (Å²) in [5.41, 5.74) is -0.953. The Hall–Kier alpha value is -2.05. The summed E-state index contributed by atoms with van der Waals surface area (Å²) in [6.07, 6.45) is -0.408. The first-order valence-corrected chi connectivity index (χ1v) is 8.94. The Kier molecular flexibility index (Phi) is 4.99. The van der Waals surface area contributed by atoms with Crippen LogP contribution in [-0.2, 0) is 21.3 Å². The van der Waals surface area contributed by atoms with Crippen LogP contribution < -0.4 is 5.32 Å². The van der Waals surface area contributed by atoms with Gasteiger partial charge in [0.2, 0.25) is 5.91 Å². The first kappa shape index (κ1) is 18.7. The lowest BCUT2D eigenvalue weighted by Crippen LogP contribution is -2.53. The highest BCUT2D eigenvalue weighted by atomic mass is 19.4. The van der Waals surface area contributed by atoms with E-state index in [2.05, 4.69) is 5.32 Å². The molecule has 2 fully saturated rings. The van der Waals surface area contributed by atoms with Gasteiger partial charge >= 0.3 is 12.1 Å². The number of rotatable bonds is 4. The Balaban J connectivity index is 1.71. The SMILES string of the molecule is O=C(O)C1CCC(C(=O)NC2(c3cccc(C(F)(F)F)c3)CCC2)CC1. The molecular formula is C19H22F3NO3. The molecule has 0 heterocycles. The van der Waals surface area contributed by atoms with E-state index in [0.717, 1.165) is 18.6 Å². The maximum atomic E-state index is 13.0. The van der Waals surface area contributed by atoms with Gasteiger partial charge in [0.15, 0.2) is 0 Å². The average Bonchev–Trinajstić information content (AvgIpc) is 2.57. The van der Waals surface area contributed by atoms with E-state index in [1.807, 2.05) is 0 Å². The summed E-state index contributed by atoms with van der Waals surface area (Å²) in [5.74, 6) is -1.68. The molecule has 2 saturated carbocycles. The number of halogens is 3. The predicted molar refractivity (Wildman–Crippen MR) is 88.2 cm³/mol. The summed E-state index contributed by atoms with van der Waals surface area (Å²) in [5, 5.41) is 12.0. The minimum Gasteiger partial charge on any atom is -0.481 e. The summed E-state index contributed by atoms with van der Waals surface area (Å²) < 4.78 is 39.0. The molecule has 0 radical (unpaired) electrons. The van der Waals surface area contributed by atoms with Crippen molar-refractivity contribution < 1.29 is 27.9 Å². The van der Waals surface area contributed by atoms with E-state index in [0.29, 0.717) is 44.1 Å². The number of hydrogen-bond acceptors (Lipinski definition) is 2. The lowest BCUT2D eigenvalue weighted by atomic mass is 9.70. The topological polar surface area (TPSA) is 66.4 Å². The zero-order valence-electron chi connectivity index (χ0n) is 14.3. The van der Waals surface area contributed by atoms with Crippen molar-refractivity contribution in [2.45, 2.75) is 56.7 Å². The minimum absolute atomic E-state index is 0.175. The Labute approximate surface area is 149 Å². The van der Waals surface area contributed by atoms with Gasteiger partial charge < -0.3 is 10.4 Å². The molecule has 7 heteroatoms. The predicted octanol–water partition coefficient (Wildman–Crippen LogP) is 4.09.